The molecule has 0 N–H and O–H groups in total. The molecule has 3 rings (SSSR count). The van der Waals surface area contributed by atoms with Crippen molar-refractivity contribution in [2.45, 2.75) is 32.1 Å². The van der Waals surface area contributed by atoms with Gasteiger partial charge in [0.25, 0.3) is 5.91 Å². The van der Waals surface area contributed by atoms with Crippen molar-refractivity contribution >= 4 is 17.4 Å². The van der Waals surface area contributed by atoms with E-state index < -0.39 is 0 Å². The van der Waals surface area contributed by atoms with E-state index in [9.17, 15) is 4.79 Å². The maximum absolute atomic E-state index is 12.6. The molecule has 21 heavy (non-hydrogen) atoms. The van der Waals surface area contributed by atoms with Crippen molar-refractivity contribution < 1.29 is 4.79 Å². The van der Waals surface area contributed by atoms with Gasteiger partial charge >= 0.3 is 0 Å². The summed E-state index contributed by atoms with van der Waals surface area (Å²) in [5, 5.41) is 4.10. The van der Waals surface area contributed by atoms with Gasteiger partial charge in [-0.25, -0.2) is 0 Å². The predicted octanol–water partition coefficient (Wildman–Crippen LogP) is 3.12. The molecule has 1 fully saturated rings. The number of aromatic nitrogens is 2. The molecule has 0 aliphatic carbocycles. The molecule has 2 aromatic rings. The molecule has 1 aliphatic heterocycles. The van der Waals surface area contributed by atoms with Gasteiger partial charge in [-0.2, -0.15) is 0 Å². The van der Waals surface area contributed by atoms with E-state index in [1.54, 1.807) is 0 Å². The van der Waals surface area contributed by atoms with E-state index in [4.69, 9.17) is 0 Å². The molecule has 1 amide bonds. The normalized spacial score (nSPS) is 18.1. The minimum atomic E-state index is 0.104. The smallest absolute Gasteiger partial charge is 0.267 e. The molecule has 1 atom stereocenters. The summed E-state index contributed by atoms with van der Waals surface area (Å²) in [5.74, 6) is 0.553. The minimum absolute atomic E-state index is 0.104. The highest BCUT2D eigenvalue weighted by Crippen LogP contribution is 2.28. The average molecular weight is 301 g/mol. The van der Waals surface area contributed by atoms with Crippen LogP contribution in [0.4, 0.5) is 0 Å². The molecule has 2 heterocycles. The van der Waals surface area contributed by atoms with Crippen molar-refractivity contribution in [2.24, 2.45) is 0 Å². The Labute approximate surface area is 129 Å². The van der Waals surface area contributed by atoms with Gasteiger partial charge in [0, 0.05) is 19.0 Å². The van der Waals surface area contributed by atoms with Crippen LogP contribution < -0.4 is 0 Å². The van der Waals surface area contributed by atoms with Crippen molar-refractivity contribution in [3.63, 3.8) is 0 Å². The lowest BCUT2D eigenvalue weighted by atomic mass is 9.99. The van der Waals surface area contributed by atoms with Gasteiger partial charge < -0.3 is 4.90 Å². The van der Waals surface area contributed by atoms with Gasteiger partial charge in [0.1, 0.15) is 4.88 Å². The van der Waals surface area contributed by atoms with Crippen LogP contribution in [-0.2, 0) is 6.42 Å². The molecule has 1 aromatic carbocycles. The molecule has 1 unspecified atom stereocenters. The summed E-state index contributed by atoms with van der Waals surface area (Å²) in [6, 6.07) is 10.4. The lowest BCUT2D eigenvalue weighted by Gasteiger charge is -2.16. The number of carbonyl (C=O) groups excluding carboxylic acids is 1. The van der Waals surface area contributed by atoms with Crippen LogP contribution in [0.1, 0.15) is 46.6 Å². The summed E-state index contributed by atoms with van der Waals surface area (Å²) in [6.07, 6.45) is 2.84. The van der Waals surface area contributed by atoms with E-state index in [1.165, 1.54) is 17.1 Å². The molecule has 0 radical (unpaired) electrons. The van der Waals surface area contributed by atoms with E-state index >= 15 is 0 Å². The Hall–Kier alpha value is -1.75. The summed E-state index contributed by atoms with van der Waals surface area (Å²) < 4.78 is 3.95. The third-order valence-electron chi connectivity index (χ3n) is 3.98. The fraction of sp³-hybridized carbons (Fsp3) is 0.438. The number of nitrogens with zero attached hydrogens (tertiary/aromatic N) is 3. The number of carbonyl (C=O) groups is 1. The fourth-order valence-corrected chi connectivity index (χ4v) is 3.53. The summed E-state index contributed by atoms with van der Waals surface area (Å²) in [7, 11) is 0. The standard InChI is InChI=1S/C16H19N3OS/c1-2-6-14-15(21-18-17-14)16(20)19-10-9-13(11-19)12-7-4-3-5-8-12/h3-5,7-8,13H,2,6,9-11H2,1H3. The summed E-state index contributed by atoms with van der Waals surface area (Å²) >= 11 is 1.23. The number of rotatable bonds is 4. The second kappa shape index (κ2) is 6.35. The van der Waals surface area contributed by atoms with Crippen LogP contribution in [0.25, 0.3) is 0 Å². The first-order valence-corrected chi connectivity index (χ1v) is 8.22. The van der Waals surface area contributed by atoms with Crippen LogP contribution in [0.2, 0.25) is 0 Å². The van der Waals surface area contributed by atoms with Crippen molar-refractivity contribution in [1.82, 2.24) is 14.5 Å². The zero-order valence-corrected chi connectivity index (χ0v) is 13.0. The van der Waals surface area contributed by atoms with E-state index in [-0.39, 0.29) is 5.91 Å². The van der Waals surface area contributed by atoms with Gasteiger partial charge in [-0.15, -0.1) is 5.10 Å². The highest BCUT2D eigenvalue weighted by molar-refractivity contribution is 7.08. The lowest BCUT2D eigenvalue weighted by Crippen LogP contribution is -2.28. The minimum Gasteiger partial charge on any atom is -0.337 e. The summed E-state index contributed by atoms with van der Waals surface area (Å²) in [6.45, 7) is 3.71. The Morgan fingerprint density at radius 1 is 1.38 bits per heavy atom. The van der Waals surface area contributed by atoms with Crippen molar-refractivity contribution in [3.8, 4) is 0 Å². The topological polar surface area (TPSA) is 46.1 Å². The van der Waals surface area contributed by atoms with Crippen molar-refractivity contribution in [2.75, 3.05) is 13.1 Å². The Balaban J connectivity index is 1.71. The molecular weight excluding hydrogens is 282 g/mol. The number of aryl methyl sites for hydroxylation is 1. The average Bonchev–Trinajstić information content (AvgIpc) is 3.17. The zero-order chi connectivity index (χ0) is 14.7. The molecule has 0 bridgehead atoms. The molecule has 1 saturated heterocycles. The second-order valence-corrected chi connectivity index (χ2v) is 6.20. The summed E-state index contributed by atoms with van der Waals surface area (Å²) in [4.78, 5) is 15.3. The van der Waals surface area contributed by atoms with Crippen LogP contribution in [0.15, 0.2) is 30.3 Å². The predicted molar refractivity (Wildman–Crippen MR) is 83.6 cm³/mol. The molecule has 4 nitrogen and oxygen atoms in total. The summed E-state index contributed by atoms with van der Waals surface area (Å²) in [5.41, 5.74) is 2.18. The van der Waals surface area contributed by atoms with Crippen molar-refractivity contribution in [3.05, 3.63) is 46.5 Å². The van der Waals surface area contributed by atoms with Gasteiger partial charge in [-0.05, 0) is 29.9 Å². The first kappa shape index (κ1) is 14.2. The molecule has 0 spiro atoms. The number of amides is 1. The van der Waals surface area contributed by atoms with Crippen molar-refractivity contribution in [1.29, 1.82) is 0 Å². The van der Waals surface area contributed by atoms with Crippen LogP contribution in [0.5, 0.6) is 0 Å². The van der Waals surface area contributed by atoms with Gasteiger partial charge in [0.15, 0.2) is 0 Å². The van der Waals surface area contributed by atoms with Crippen LogP contribution >= 0.6 is 11.5 Å². The van der Waals surface area contributed by atoms with E-state index in [1.807, 2.05) is 11.0 Å². The van der Waals surface area contributed by atoms with Gasteiger partial charge in [0.05, 0.1) is 5.69 Å². The highest BCUT2D eigenvalue weighted by atomic mass is 32.1. The molecule has 5 heteroatoms. The Bertz CT molecular complexity index is 611. The number of benzene rings is 1. The molecule has 0 saturated carbocycles. The van der Waals surface area contributed by atoms with E-state index in [0.29, 0.717) is 5.92 Å². The first-order valence-electron chi connectivity index (χ1n) is 7.45. The number of likely N-dealkylation sites (tertiary alicyclic amines) is 1. The Morgan fingerprint density at radius 3 is 2.95 bits per heavy atom. The SMILES string of the molecule is CCCc1nnsc1C(=O)N1CCC(c2ccccc2)C1. The van der Waals surface area contributed by atoms with Gasteiger partial charge in [0.2, 0.25) is 0 Å². The zero-order valence-electron chi connectivity index (χ0n) is 12.2. The number of hydrogen-bond acceptors (Lipinski definition) is 4. The van der Waals surface area contributed by atoms with Crippen LogP contribution in [0, 0.1) is 0 Å². The van der Waals surface area contributed by atoms with E-state index in [2.05, 4.69) is 40.8 Å². The highest BCUT2D eigenvalue weighted by Gasteiger charge is 2.30. The third-order valence-corrected chi connectivity index (χ3v) is 4.74. The Kier molecular flexibility index (Phi) is 4.29. The second-order valence-electron chi connectivity index (χ2n) is 5.45. The Morgan fingerprint density at radius 2 is 2.19 bits per heavy atom. The van der Waals surface area contributed by atoms with Crippen LogP contribution in [0.3, 0.4) is 0 Å². The molecule has 1 aromatic heterocycles. The van der Waals surface area contributed by atoms with Gasteiger partial charge in [-0.3, -0.25) is 4.79 Å². The third kappa shape index (κ3) is 2.97. The largest absolute Gasteiger partial charge is 0.337 e. The maximum Gasteiger partial charge on any atom is 0.267 e. The van der Waals surface area contributed by atoms with Gasteiger partial charge in [-0.1, -0.05) is 48.2 Å². The molecule has 110 valence electrons. The first-order chi connectivity index (χ1) is 10.3. The lowest BCUT2D eigenvalue weighted by molar-refractivity contribution is 0.0794. The van der Waals surface area contributed by atoms with Crippen LogP contribution in [-0.4, -0.2) is 33.5 Å². The monoisotopic (exact) mass is 301 g/mol. The van der Waals surface area contributed by atoms with E-state index in [0.717, 1.165) is 42.9 Å². The molecule has 1 aliphatic rings. The maximum atomic E-state index is 12.6. The number of hydrogen-bond donors (Lipinski definition) is 0. The quantitative estimate of drug-likeness (QED) is 0.871. The molecular formula is C16H19N3OS. The fourth-order valence-electron chi connectivity index (χ4n) is 2.86.